The molecular weight excluding hydrogens is 350 g/mol. The van der Waals surface area contributed by atoms with E-state index < -0.39 is 5.82 Å². The zero-order chi connectivity index (χ0) is 15.7. The molecule has 0 bridgehead atoms. The summed E-state index contributed by atoms with van der Waals surface area (Å²) in [6.07, 6.45) is 0. The predicted molar refractivity (Wildman–Crippen MR) is 83.5 cm³/mol. The van der Waals surface area contributed by atoms with Crippen molar-refractivity contribution < 1.29 is 4.39 Å². The topological polar surface area (TPSA) is 51.6 Å². The Kier molecular flexibility index (Phi) is 4.20. The molecule has 4 nitrogen and oxygen atoms in total. The van der Waals surface area contributed by atoms with Crippen molar-refractivity contribution in [1.29, 1.82) is 0 Å². The van der Waals surface area contributed by atoms with E-state index >= 15 is 0 Å². The second-order valence-electron chi connectivity index (χ2n) is 4.24. The van der Waals surface area contributed by atoms with E-state index in [1.54, 1.807) is 18.2 Å². The van der Waals surface area contributed by atoms with Crippen LogP contribution in [0.25, 0.3) is 22.8 Å². The molecule has 0 saturated heterocycles. The van der Waals surface area contributed by atoms with Gasteiger partial charge in [0.15, 0.2) is 0 Å². The third-order valence-corrected chi connectivity index (χ3v) is 3.80. The highest BCUT2D eigenvalue weighted by Gasteiger charge is 2.16. The van der Waals surface area contributed by atoms with Gasteiger partial charge < -0.3 is 0 Å². The Hall–Kier alpha value is -1.82. The highest BCUT2D eigenvalue weighted by atomic mass is 35.5. The maximum atomic E-state index is 13.8. The van der Waals surface area contributed by atoms with Crippen LogP contribution in [0.4, 0.5) is 4.39 Å². The summed E-state index contributed by atoms with van der Waals surface area (Å²) in [4.78, 5) is 0. The smallest absolute Gasteiger partial charge is 0.206 e. The third kappa shape index (κ3) is 2.75. The van der Waals surface area contributed by atoms with Gasteiger partial charge in [-0.3, -0.25) is 0 Å². The van der Waals surface area contributed by atoms with Gasteiger partial charge in [0.1, 0.15) is 5.82 Å². The van der Waals surface area contributed by atoms with Gasteiger partial charge in [-0.2, -0.15) is 0 Å². The van der Waals surface area contributed by atoms with Crippen molar-refractivity contribution in [3.05, 3.63) is 57.3 Å². The summed E-state index contributed by atoms with van der Waals surface area (Å²) in [5, 5.41) is 16.5. The second-order valence-corrected chi connectivity index (χ2v) is 5.46. The quantitative estimate of drug-likeness (QED) is 0.668. The fraction of sp³-hybridized carbons (Fsp3) is 0. The van der Waals surface area contributed by atoms with E-state index in [0.717, 1.165) is 0 Å². The predicted octanol–water partition coefficient (Wildman–Crippen LogP) is 4.70. The fourth-order valence-corrected chi connectivity index (χ4v) is 2.67. The van der Waals surface area contributed by atoms with Crippen molar-refractivity contribution in [1.82, 2.24) is 20.4 Å². The van der Waals surface area contributed by atoms with Crippen molar-refractivity contribution in [2.24, 2.45) is 0 Å². The molecule has 22 heavy (non-hydrogen) atoms. The zero-order valence-electron chi connectivity index (χ0n) is 10.8. The van der Waals surface area contributed by atoms with E-state index in [0.29, 0.717) is 15.6 Å². The summed E-state index contributed by atoms with van der Waals surface area (Å²) in [6, 6.07) is 9.26. The number of rotatable bonds is 2. The van der Waals surface area contributed by atoms with Gasteiger partial charge in [-0.05, 0) is 24.3 Å². The standard InChI is InChI=1S/C14H6Cl3FN4/c15-7-3-1-4-8(16)11(7)13-19-21-14(22-20-13)12-9(17)5-2-6-10(12)18/h1-6H. The minimum Gasteiger partial charge on any atom is -0.206 e. The molecule has 2 aromatic carbocycles. The van der Waals surface area contributed by atoms with Crippen LogP contribution in [-0.4, -0.2) is 20.4 Å². The minimum absolute atomic E-state index is 0.0185. The van der Waals surface area contributed by atoms with E-state index in [-0.39, 0.29) is 22.2 Å². The van der Waals surface area contributed by atoms with Gasteiger partial charge in [-0.15, -0.1) is 20.4 Å². The molecule has 8 heteroatoms. The first kappa shape index (κ1) is 15.1. The third-order valence-electron chi connectivity index (χ3n) is 2.85. The van der Waals surface area contributed by atoms with Crippen LogP contribution in [0, 0.1) is 5.82 Å². The molecule has 0 atom stereocenters. The summed E-state index contributed by atoms with van der Waals surface area (Å²) in [5.41, 5.74) is 0.456. The summed E-state index contributed by atoms with van der Waals surface area (Å²) in [6.45, 7) is 0. The Balaban J connectivity index is 2.08. The first-order valence-corrected chi connectivity index (χ1v) is 7.17. The molecule has 0 spiro atoms. The van der Waals surface area contributed by atoms with Crippen LogP contribution in [0.5, 0.6) is 0 Å². The van der Waals surface area contributed by atoms with Crippen LogP contribution in [0.3, 0.4) is 0 Å². The first-order chi connectivity index (χ1) is 10.6. The number of hydrogen-bond donors (Lipinski definition) is 0. The van der Waals surface area contributed by atoms with Crippen molar-refractivity contribution in [3.63, 3.8) is 0 Å². The zero-order valence-corrected chi connectivity index (χ0v) is 13.0. The summed E-state index contributed by atoms with van der Waals surface area (Å²) >= 11 is 18.1. The lowest BCUT2D eigenvalue weighted by atomic mass is 10.2. The fourth-order valence-electron chi connectivity index (χ4n) is 1.85. The number of hydrogen-bond acceptors (Lipinski definition) is 4. The normalized spacial score (nSPS) is 10.7. The van der Waals surface area contributed by atoms with E-state index in [9.17, 15) is 4.39 Å². The van der Waals surface area contributed by atoms with Gasteiger partial charge in [0, 0.05) is 0 Å². The second kappa shape index (κ2) is 6.12. The molecule has 0 N–H and O–H groups in total. The molecule has 0 amide bonds. The number of aromatic nitrogens is 4. The van der Waals surface area contributed by atoms with Crippen molar-refractivity contribution in [2.75, 3.05) is 0 Å². The molecule has 0 aliphatic heterocycles. The van der Waals surface area contributed by atoms with Gasteiger partial charge in [0.05, 0.1) is 26.2 Å². The first-order valence-electron chi connectivity index (χ1n) is 6.04. The molecular formula is C14H6Cl3FN4. The van der Waals surface area contributed by atoms with Crippen LogP contribution < -0.4 is 0 Å². The molecule has 0 aliphatic carbocycles. The number of halogens is 4. The van der Waals surface area contributed by atoms with Crippen molar-refractivity contribution in [3.8, 4) is 22.8 Å². The Labute approximate surface area is 139 Å². The highest BCUT2D eigenvalue weighted by molar-refractivity contribution is 6.39. The Morgan fingerprint density at radius 2 is 1.05 bits per heavy atom. The Morgan fingerprint density at radius 1 is 0.636 bits per heavy atom. The SMILES string of the molecule is Fc1cccc(Cl)c1-c1nnc(-c2c(Cl)cccc2Cl)nn1. The van der Waals surface area contributed by atoms with Crippen LogP contribution in [0.15, 0.2) is 36.4 Å². The maximum Gasteiger partial charge on any atom is 0.208 e. The Bertz CT molecular complexity index is 729. The average molecular weight is 356 g/mol. The maximum absolute atomic E-state index is 13.8. The largest absolute Gasteiger partial charge is 0.208 e. The summed E-state index contributed by atoms with van der Waals surface area (Å²) < 4.78 is 13.8. The molecule has 1 aromatic heterocycles. The summed E-state index contributed by atoms with van der Waals surface area (Å²) in [5.74, 6) is -0.429. The lowest BCUT2D eigenvalue weighted by molar-refractivity contribution is 0.628. The molecule has 3 rings (SSSR count). The summed E-state index contributed by atoms with van der Waals surface area (Å²) in [7, 11) is 0. The van der Waals surface area contributed by atoms with E-state index in [2.05, 4.69) is 20.4 Å². The van der Waals surface area contributed by atoms with Crippen LogP contribution >= 0.6 is 34.8 Å². The van der Waals surface area contributed by atoms with Crippen molar-refractivity contribution >= 4 is 34.8 Å². The van der Waals surface area contributed by atoms with E-state index in [4.69, 9.17) is 34.8 Å². The molecule has 0 fully saturated rings. The van der Waals surface area contributed by atoms with Gasteiger partial charge in [-0.25, -0.2) is 4.39 Å². The van der Waals surface area contributed by atoms with Crippen molar-refractivity contribution in [2.45, 2.75) is 0 Å². The Morgan fingerprint density at radius 3 is 1.55 bits per heavy atom. The molecule has 3 aromatic rings. The van der Waals surface area contributed by atoms with Gasteiger partial charge in [-0.1, -0.05) is 46.9 Å². The highest BCUT2D eigenvalue weighted by Crippen LogP contribution is 2.32. The molecule has 0 aliphatic rings. The molecule has 0 radical (unpaired) electrons. The monoisotopic (exact) mass is 354 g/mol. The molecule has 0 saturated carbocycles. The lowest BCUT2D eigenvalue weighted by Gasteiger charge is -2.06. The minimum atomic E-state index is -0.556. The number of benzene rings is 2. The molecule has 1 heterocycles. The van der Waals surface area contributed by atoms with Gasteiger partial charge >= 0.3 is 0 Å². The van der Waals surface area contributed by atoms with Gasteiger partial charge in [0.25, 0.3) is 0 Å². The van der Waals surface area contributed by atoms with Crippen LogP contribution in [0.1, 0.15) is 0 Å². The lowest BCUT2D eigenvalue weighted by Crippen LogP contribution is -2.01. The van der Waals surface area contributed by atoms with E-state index in [1.807, 2.05) is 0 Å². The molecule has 110 valence electrons. The van der Waals surface area contributed by atoms with Crippen LogP contribution in [-0.2, 0) is 0 Å². The number of nitrogens with zero attached hydrogens (tertiary/aromatic N) is 4. The van der Waals surface area contributed by atoms with Crippen LogP contribution in [0.2, 0.25) is 15.1 Å². The average Bonchev–Trinajstić information content (AvgIpc) is 2.48. The van der Waals surface area contributed by atoms with Gasteiger partial charge in [0.2, 0.25) is 11.6 Å². The van der Waals surface area contributed by atoms with E-state index in [1.165, 1.54) is 18.2 Å². The molecule has 0 unspecified atom stereocenters.